The number of nitrogens with zero attached hydrogens (tertiary/aromatic N) is 2. The highest BCUT2D eigenvalue weighted by Crippen LogP contribution is 2.27. The highest BCUT2D eigenvalue weighted by molar-refractivity contribution is 7.86. The molecule has 2 rings (SSSR count). The monoisotopic (exact) mass is 448 g/mol. The molecule has 0 aliphatic carbocycles. The molecule has 2 fully saturated rings. The zero-order valence-corrected chi connectivity index (χ0v) is 16.8. The van der Waals surface area contributed by atoms with Gasteiger partial charge in [-0.1, -0.05) is 11.8 Å². The fourth-order valence-corrected chi connectivity index (χ4v) is 5.71. The lowest BCUT2D eigenvalue weighted by atomic mass is 10.2. The second-order valence-electron chi connectivity index (χ2n) is 6.66. The summed E-state index contributed by atoms with van der Waals surface area (Å²) in [4.78, 5) is 27.7. The quantitative estimate of drug-likeness (QED) is 0.200. The normalized spacial score (nSPS) is 28.6. The van der Waals surface area contributed by atoms with Crippen molar-refractivity contribution in [2.24, 2.45) is 0 Å². The van der Waals surface area contributed by atoms with Crippen LogP contribution in [0.25, 0.3) is 0 Å². The molecular formula is C16H20N2O9S2. The lowest BCUT2D eigenvalue weighted by Gasteiger charge is -2.26. The van der Waals surface area contributed by atoms with Gasteiger partial charge in [-0.05, 0) is 12.8 Å². The van der Waals surface area contributed by atoms with Crippen LogP contribution in [0.15, 0.2) is 0 Å². The first-order chi connectivity index (χ1) is 13.4. The molecule has 0 radical (unpaired) electrons. The van der Waals surface area contributed by atoms with Crippen molar-refractivity contribution in [1.82, 2.24) is 9.80 Å². The molecule has 0 aromatic carbocycles. The first kappa shape index (κ1) is 23.3. The van der Waals surface area contributed by atoms with Gasteiger partial charge in [0.15, 0.2) is 0 Å². The molecule has 2 unspecified atom stereocenters. The van der Waals surface area contributed by atoms with Crippen molar-refractivity contribution < 1.29 is 40.3 Å². The third-order valence-corrected chi connectivity index (χ3v) is 7.45. The van der Waals surface area contributed by atoms with Gasteiger partial charge in [0.25, 0.3) is 20.2 Å². The molecule has 0 spiro atoms. The Morgan fingerprint density at radius 2 is 1.21 bits per heavy atom. The van der Waals surface area contributed by atoms with Crippen LogP contribution in [0.1, 0.15) is 12.8 Å². The summed E-state index contributed by atoms with van der Waals surface area (Å²) in [7, 11) is -9.30. The predicted octanol–water partition coefficient (Wildman–Crippen LogP) is -2.02. The summed E-state index contributed by atoms with van der Waals surface area (Å²) in [6.45, 7) is -0.160. The van der Waals surface area contributed by atoms with Crippen LogP contribution in [0.3, 0.4) is 0 Å². The smallest absolute Gasteiger partial charge is 0.332 e. The van der Waals surface area contributed by atoms with E-state index in [0.29, 0.717) is 0 Å². The number of carbonyl (C=O) groups is 2. The van der Waals surface area contributed by atoms with E-state index >= 15 is 0 Å². The average molecular weight is 448 g/mol. The van der Waals surface area contributed by atoms with Gasteiger partial charge in [-0.3, -0.25) is 18.9 Å². The van der Waals surface area contributed by atoms with E-state index in [4.69, 9.17) is 17.6 Å². The van der Waals surface area contributed by atoms with E-state index < -0.39 is 54.8 Å². The van der Waals surface area contributed by atoms with Crippen molar-refractivity contribution in [1.29, 1.82) is 0 Å². The van der Waals surface area contributed by atoms with Crippen LogP contribution in [0.5, 0.6) is 0 Å². The third kappa shape index (κ3) is 5.14. The number of hydrogen-bond donors (Lipinski definition) is 2. The third-order valence-electron chi connectivity index (χ3n) is 4.93. The first-order valence-electron chi connectivity index (χ1n) is 8.45. The fraction of sp³-hybridized carbons (Fsp3) is 0.625. The number of ether oxygens (including phenoxy) is 1. The number of likely N-dealkylation sites (tertiary alicyclic amines) is 2. The Balaban J connectivity index is 2.27. The van der Waals surface area contributed by atoms with Crippen molar-refractivity contribution in [3.8, 4) is 24.7 Å². The van der Waals surface area contributed by atoms with Gasteiger partial charge in [-0.2, -0.15) is 16.8 Å². The molecule has 2 aliphatic heterocycles. The van der Waals surface area contributed by atoms with Gasteiger partial charge in [-0.25, -0.2) is 9.59 Å². The number of esters is 2. The Morgan fingerprint density at radius 1 is 0.862 bits per heavy atom. The maximum Gasteiger partial charge on any atom is 0.332 e. The summed E-state index contributed by atoms with van der Waals surface area (Å²) in [5.74, 6) is 1.88. The van der Waals surface area contributed by atoms with E-state index in [1.165, 1.54) is 9.80 Å². The van der Waals surface area contributed by atoms with Crippen LogP contribution in [0.4, 0.5) is 0 Å². The highest BCUT2D eigenvalue weighted by atomic mass is 32.2. The maximum atomic E-state index is 12.6. The maximum absolute atomic E-state index is 12.6. The molecule has 0 amide bonds. The molecule has 11 nitrogen and oxygen atoms in total. The molecule has 160 valence electrons. The highest BCUT2D eigenvalue weighted by Gasteiger charge is 2.50. The van der Waals surface area contributed by atoms with Crippen LogP contribution in [-0.4, -0.2) is 96.4 Å². The molecule has 0 aromatic rings. The van der Waals surface area contributed by atoms with Gasteiger partial charge < -0.3 is 4.74 Å². The molecular weight excluding hydrogens is 428 g/mol. The van der Waals surface area contributed by atoms with Gasteiger partial charge >= 0.3 is 11.9 Å². The largest absolute Gasteiger partial charge is 0.391 e. The zero-order chi connectivity index (χ0) is 22.0. The minimum Gasteiger partial charge on any atom is -0.391 e. The van der Waals surface area contributed by atoms with Gasteiger partial charge in [0.1, 0.15) is 22.6 Å². The Labute approximate surface area is 168 Å². The van der Waals surface area contributed by atoms with Crippen LogP contribution < -0.4 is 0 Å². The number of carbonyl (C=O) groups excluding carboxylic acids is 2. The molecule has 2 saturated heterocycles. The number of rotatable bonds is 6. The minimum atomic E-state index is -4.65. The topological polar surface area (TPSA) is 159 Å². The summed E-state index contributed by atoms with van der Waals surface area (Å²) in [5.41, 5.74) is 0. The van der Waals surface area contributed by atoms with Crippen molar-refractivity contribution in [3.63, 3.8) is 0 Å². The second-order valence-corrected chi connectivity index (χ2v) is 9.93. The summed E-state index contributed by atoms with van der Waals surface area (Å²) in [6, 6.07) is -3.09. The Bertz CT molecular complexity index is 883. The van der Waals surface area contributed by atoms with Crippen molar-refractivity contribution in [2.75, 3.05) is 26.2 Å². The van der Waals surface area contributed by atoms with Crippen LogP contribution in [0, 0.1) is 24.7 Å². The molecule has 0 aromatic heterocycles. The molecule has 29 heavy (non-hydrogen) atoms. The molecule has 2 heterocycles. The Kier molecular flexibility index (Phi) is 7.06. The van der Waals surface area contributed by atoms with Crippen molar-refractivity contribution in [3.05, 3.63) is 0 Å². The standard InChI is InChI=1S/C16H20N2O9S2/c1-3-7-17-9-5-11(28(21,22)23)13(17)15(19)27-16(20)14-12(29(24,25)26)6-10-18(14)8-4-2/h1-2,11-14H,5-10H2,(H,21,22,23)(H,24,25,26)/t11?,12?,13-,14-/m0/s1. The van der Waals surface area contributed by atoms with Crippen molar-refractivity contribution in [2.45, 2.75) is 35.4 Å². The Morgan fingerprint density at radius 3 is 1.48 bits per heavy atom. The van der Waals surface area contributed by atoms with Gasteiger partial charge in [0, 0.05) is 13.1 Å². The lowest BCUT2D eigenvalue weighted by molar-refractivity contribution is -0.165. The molecule has 2 N–H and O–H groups in total. The lowest BCUT2D eigenvalue weighted by Crippen LogP contribution is -2.50. The second kappa shape index (κ2) is 8.79. The van der Waals surface area contributed by atoms with Crippen LogP contribution in [-0.2, 0) is 34.6 Å². The predicted molar refractivity (Wildman–Crippen MR) is 99.4 cm³/mol. The molecule has 0 saturated carbocycles. The van der Waals surface area contributed by atoms with Gasteiger partial charge in [0.2, 0.25) is 0 Å². The molecule has 4 atom stereocenters. The minimum absolute atomic E-state index is 0.0584. The molecule has 13 heteroatoms. The SMILES string of the molecule is C#CCN1CCC(S(=O)(=O)O)[C@H]1C(=O)OC(=O)[C@@H]1C(S(=O)(=O)O)CCN1CC#C. The van der Waals surface area contributed by atoms with E-state index in [0.717, 1.165) is 0 Å². The molecule has 0 bridgehead atoms. The Hall–Kier alpha value is -2.00. The van der Waals surface area contributed by atoms with E-state index in [2.05, 4.69) is 11.8 Å². The van der Waals surface area contributed by atoms with E-state index in [1.807, 2.05) is 0 Å². The summed E-state index contributed by atoms with van der Waals surface area (Å²) in [5, 5.41) is -3.11. The zero-order valence-electron chi connectivity index (χ0n) is 15.2. The summed E-state index contributed by atoms with van der Waals surface area (Å²) >= 11 is 0. The first-order valence-corrected chi connectivity index (χ1v) is 11.5. The van der Waals surface area contributed by atoms with Crippen LogP contribution in [0.2, 0.25) is 0 Å². The average Bonchev–Trinajstić information content (AvgIpc) is 3.19. The fourth-order valence-electron chi connectivity index (χ4n) is 3.68. The number of terminal acetylenes is 2. The summed E-state index contributed by atoms with van der Waals surface area (Å²) in [6.07, 6.45) is 10.2. The molecule has 2 aliphatic rings. The summed E-state index contributed by atoms with van der Waals surface area (Å²) < 4.78 is 70.0. The van der Waals surface area contributed by atoms with E-state index in [1.54, 1.807) is 0 Å². The van der Waals surface area contributed by atoms with Gasteiger partial charge in [-0.15, -0.1) is 12.8 Å². The van der Waals surface area contributed by atoms with Crippen molar-refractivity contribution >= 4 is 32.2 Å². The number of hydrogen-bond acceptors (Lipinski definition) is 9. The van der Waals surface area contributed by atoms with Crippen LogP contribution >= 0.6 is 0 Å². The van der Waals surface area contributed by atoms with E-state index in [9.17, 15) is 35.5 Å². The van der Waals surface area contributed by atoms with Gasteiger partial charge in [0.05, 0.1) is 13.1 Å². The van der Waals surface area contributed by atoms with E-state index in [-0.39, 0.29) is 39.0 Å².